The van der Waals surface area contributed by atoms with E-state index in [2.05, 4.69) is 25.5 Å². The van der Waals surface area contributed by atoms with Gasteiger partial charge in [0.05, 0.1) is 11.9 Å². The molecule has 0 aliphatic carbocycles. The van der Waals surface area contributed by atoms with Crippen LogP contribution >= 0.6 is 0 Å². The van der Waals surface area contributed by atoms with Crippen molar-refractivity contribution in [3.05, 3.63) is 48.5 Å². The van der Waals surface area contributed by atoms with Crippen LogP contribution in [0.2, 0.25) is 0 Å². The van der Waals surface area contributed by atoms with Gasteiger partial charge in [0.25, 0.3) is 0 Å². The summed E-state index contributed by atoms with van der Waals surface area (Å²) in [7, 11) is 0. The third kappa shape index (κ3) is 2.42. The SMILES string of the molecule is C/C(=N\Nc1nc2ccccc2o1)c1cnccn1. The van der Waals surface area contributed by atoms with E-state index in [1.807, 2.05) is 31.2 Å². The van der Waals surface area contributed by atoms with Crippen LogP contribution in [0.15, 0.2) is 52.4 Å². The van der Waals surface area contributed by atoms with E-state index in [0.29, 0.717) is 17.4 Å². The van der Waals surface area contributed by atoms with Gasteiger partial charge in [-0.15, -0.1) is 0 Å². The van der Waals surface area contributed by atoms with Crippen LogP contribution < -0.4 is 5.43 Å². The largest absolute Gasteiger partial charge is 0.422 e. The molecular weight excluding hydrogens is 242 g/mol. The third-order valence-electron chi connectivity index (χ3n) is 2.55. The minimum Gasteiger partial charge on any atom is -0.422 e. The number of oxazole rings is 1. The van der Waals surface area contributed by atoms with E-state index in [0.717, 1.165) is 11.1 Å². The lowest BCUT2D eigenvalue weighted by molar-refractivity contribution is 0.617. The summed E-state index contributed by atoms with van der Waals surface area (Å²) in [5, 5.41) is 4.17. The highest BCUT2D eigenvalue weighted by Gasteiger charge is 2.04. The van der Waals surface area contributed by atoms with Gasteiger partial charge in [0.1, 0.15) is 11.2 Å². The molecule has 1 aromatic carbocycles. The van der Waals surface area contributed by atoms with Crippen LogP contribution in [0, 0.1) is 0 Å². The Morgan fingerprint density at radius 3 is 2.95 bits per heavy atom. The van der Waals surface area contributed by atoms with E-state index in [1.165, 1.54) is 0 Å². The molecule has 94 valence electrons. The molecule has 0 bridgehead atoms. The molecule has 2 aromatic heterocycles. The summed E-state index contributed by atoms with van der Waals surface area (Å²) in [4.78, 5) is 12.4. The maximum Gasteiger partial charge on any atom is 0.316 e. The number of anilines is 1. The maximum atomic E-state index is 5.49. The number of hydrogen-bond donors (Lipinski definition) is 1. The van der Waals surface area contributed by atoms with Crippen LogP contribution in [-0.2, 0) is 0 Å². The molecule has 0 aliphatic heterocycles. The summed E-state index contributed by atoms with van der Waals surface area (Å²) in [5.41, 5.74) is 5.69. The first kappa shape index (κ1) is 11.3. The molecule has 0 saturated carbocycles. The molecule has 0 fully saturated rings. The minimum atomic E-state index is 0.351. The van der Waals surface area contributed by atoms with Gasteiger partial charge in [-0.1, -0.05) is 12.1 Å². The number of nitrogens with zero attached hydrogens (tertiary/aromatic N) is 4. The average Bonchev–Trinajstić information content (AvgIpc) is 2.88. The Bertz CT molecular complexity index is 687. The number of hydrogen-bond acceptors (Lipinski definition) is 6. The zero-order valence-corrected chi connectivity index (χ0v) is 10.2. The van der Waals surface area contributed by atoms with Crippen molar-refractivity contribution in [2.75, 3.05) is 5.43 Å². The zero-order valence-electron chi connectivity index (χ0n) is 10.2. The number of para-hydroxylation sites is 2. The third-order valence-corrected chi connectivity index (χ3v) is 2.55. The van der Waals surface area contributed by atoms with E-state index in [1.54, 1.807) is 18.6 Å². The quantitative estimate of drug-likeness (QED) is 0.573. The lowest BCUT2D eigenvalue weighted by Crippen LogP contribution is -2.02. The smallest absolute Gasteiger partial charge is 0.316 e. The second-order valence-corrected chi connectivity index (χ2v) is 3.89. The summed E-state index contributed by atoms with van der Waals surface area (Å²) >= 11 is 0. The van der Waals surface area contributed by atoms with Gasteiger partial charge in [-0.25, -0.2) is 5.43 Å². The molecule has 3 aromatic rings. The molecule has 0 amide bonds. The molecule has 0 unspecified atom stereocenters. The monoisotopic (exact) mass is 253 g/mol. The maximum absolute atomic E-state index is 5.49. The number of benzene rings is 1. The molecule has 0 spiro atoms. The molecule has 0 atom stereocenters. The van der Waals surface area contributed by atoms with E-state index >= 15 is 0 Å². The van der Waals surface area contributed by atoms with Gasteiger partial charge < -0.3 is 4.42 Å². The second kappa shape index (κ2) is 4.85. The van der Waals surface area contributed by atoms with Crippen molar-refractivity contribution in [3.8, 4) is 0 Å². The molecule has 1 N–H and O–H groups in total. The van der Waals surface area contributed by atoms with Crippen molar-refractivity contribution >= 4 is 22.8 Å². The predicted octanol–water partition coefficient (Wildman–Crippen LogP) is 2.45. The van der Waals surface area contributed by atoms with Gasteiger partial charge in [0.2, 0.25) is 0 Å². The molecule has 0 aliphatic rings. The van der Waals surface area contributed by atoms with Gasteiger partial charge >= 0.3 is 6.01 Å². The van der Waals surface area contributed by atoms with Crippen LogP contribution in [0.25, 0.3) is 11.1 Å². The Hall–Kier alpha value is -2.76. The van der Waals surface area contributed by atoms with E-state index in [4.69, 9.17) is 4.42 Å². The molecule has 6 heteroatoms. The molecular formula is C13H11N5O. The lowest BCUT2D eigenvalue weighted by Gasteiger charge is -1.98. The van der Waals surface area contributed by atoms with Crippen molar-refractivity contribution in [2.24, 2.45) is 5.10 Å². The highest BCUT2D eigenvalue weighted by atomic mass is 16.4. The van der Waals surface area contributed by atoms with Gasteiger partial charge in [0.15, 0.2) is 5.58 Å². The second-order valence-electron chi connectivity index (χ2n) is 3.89. The van der Waals surface area contributed by atoms with Crippen LogP contribution in [-0.4, -0.2) is 20.7 Å². The van der Waals surface area contributed by atoms with Crippen LogP contribution in [0.5, 0.6) is 0 Å². The van der Waals surface area contributed by atoms with E-state index in [9.17, 15) is 0 Å². The first-order chi connectivity index (χ1) is 9.33. The topological polar surface area (TPSA) is 76.2 Å². The van der Waals surface area contributed by atoms with Gasteiger partial charge in [-0.05, 0) is 19.1 Å². The van der Waals surface area contributed by atoms with Crippen LogP contribution in [0.1, 0.15) is 12.6 Å². The van der Waals surface area contributed by atoms with Crippen LogP contribution in [0.3, 0.4) is 0 Å². The summed E-state index contributed by atoms with van der Waals surface area (Å²) in [5.74, 6) is 0. The average molecular weight is 253 g/mol. The van der Waals surface area contributed by atoms with Crippen LogP contribution in [0.4, 0.5) is 6.01 Å². The molecule has 2 heterocycles. The van der Waals surface area contributed by atoms with Crippen molar-refractivity contribution in [1.29, 1.82) is 0 Å². The van der Waals surface area contributed by atoms with Gasteiger partial charge in [-0.2, -0.15) is 10.1 Å². The zero-order chi connectivity index (χ0) is 13.1. The Labute approximate surface area is 109 Å². The van der Waals surface area contributed by atoms with Crippen molar-refractivity contribution in [3.63, 3.8) is 0 Å². The van der Waals surface area contributed by atoms with Crippen molar-refractivity contribution in [2.45, 2.75) is 6.92 Å². The van der Waals surface area contributed by atoms with Crippen molar-refractivity contribution in [1.82, 2.24) is 15.0 Å². The number of rotatable bonds is 3. The first-order valence-corrected chi connectivity index (χ1v) is 5.75. The van der Waals surface area contributed by atoms with E-state index < -0.39 is 0 Å². The Balaban J connectivity index is 1.82. The standard InChI is InChI=1S/C13H11N5O/c1-9(11-8-14-6-7-15-11)17-18-13-16-10-4-2-3-5-12(10)19-13/h2-8H,1H3,(H,16,18)/b17-9+. The van der Waals surface area contributed by atoms with Gasteiger partial charge in [-0.3, -0.25) is 9.97 Å². The Morgan fingerprint density at radius 1 is 1.26 bits per heavy atom. The van der Waals surface area contributed by atoms with E-state index in [-0.39, 0.29) is 0 Å². The first-order valence-electron chi connectivity index (χ1n) is 5.75. The molecule has 3 rings (SSSR count). The fraction of sp³-hybridized carbons (Fsp3) is 0.0769. The number of hydrazone groups is 1. The molecule has 19 heavy (non-hydrogen) atoms. The summed E-state index contributed by atoms with van der Waals surface area (Å²) in [6.45, 7) is 1.83. The predicted molar refractivity (Wildman–Crippen MR) is 71.9 cm³/mol. The van der Waals surface area contributed by atoms with Crippen molar-refractivity contribution < 1.29 is 4.42 Å². The summed E-state index contributed by atoms with van der Waals surface area (Å²) in [6.07, 6.45) is 4.88. The highest BCUT2D eigenvalue weighted by molar-refractivity contribution is 5.96. The Kier molecular flexibility index (Phi) is 2.89. The highest BCUT2D eigenvalue weighted by Crippen LogP contribution is 2.17. The Morgan fingerprint density at radius 2 is 2.16 bits per heavy atom. The number of aromatic nitrogens is 3. The normalized spacial score (nSPS) is 11.7. The summed E-state index contributed by atoms with van der Waals surface area (Å²) in [6, 6.07) is 7.88. The van der Waals surface area contributed by atoms with Gasteiger partial charge in [0, 0.05) is 12.4 Å². The lowest BCUT2D eigenvalue weighted by atomic mass is 10.3. The molecule has 6 nitrogen and oxygen atoms in total. The fourth-order valence-electron chi connectivity index (χ4n) is 1.59. The molecule has 0 radical (unpaired) electrons. The number of fused-ring (bicyclic) bond motifs is 1. The fourth-order valence-corrected chi connectivity index (χ4v) is 1.59. The minimum absolute atomic E-state index is 0.351. The molecule has 0 saturated heterocycles. The number of nitrogens with one attached hydrogen (secondary N) is 1. The summed E-state index contributed by atoms with van der Waals surface area (Å²) < 4.78 is 5.49.